The number of carbonyl (C=O) groups is 1. The molecule has 0 aromatic heterocycles. The lowest BCUT2D eigenvalue weighted by Gasteiger charge is -2.21. The number of aliphatic hydroxyl groups excluding tert-OH is 3. The zero-order valence-corrected chi connectivity index (χ0v) is 34.7. The van der Waals surface area contributed by atoms with Gasteiger partial charge in [0.1, 0.15) is 6.10 Å². The van der Waals surface area contributed by atoms with Crippen LogP contribution in [0, 0.1) is 0 Å². The molecule has 0 aliphatic heterocycles. The molecule has 5 nitrogen and oxygen atoms in total. The zero-order chi connectivity index (χ0) is 38.0. The molecule has 3 unspecified atom stereocenters. The Labute approximate surface area is 324 Å². The molecule has 0 aliphatic rings. The van der Waals surface area contributed by atoms with Gasteiger partial charge in [0, 0.05) is 0 Å². The Bertz CT molecular complexity index is 809. The number of hydrogen-bond acceptors (Lipinski definition) is 4. The number of amides is 1. The first-order valence-electron chi connectivity index (χ1n) is 22.8. The van der Waals surface area contributed by atoms with Crippen molar-refractivity contribution >= 4 is 5.91 Å². The third-order valence-electron chi connectivity index (χ3n) is 10.5. The highest BCUT2D eigenvalue weighted by molar-refractivity contribution is 5.80. The Balaban J connectivity index is 3.63. The summed E-state index contributed by atoms with van der Waals surface area (Å²) in [6, 6.07) is -0.818. The minimum Gasteiger partial charge on any atom is -0.394 e. The van der Waals surface area contributed by atoms with E-state index in [1.54, 1.807) is 6.08 Å². The minimum absolute atomic E-state index is 0.379. The molecule has 0 bridgehead atoms. The summed E-state index contributed by atoms with van der Waals surface area (Å²) in [7, 11) is 0. The van der Waals surface area contributed by atoms with Crippen molar-refractivity contribution in [2.45, 2.75) is 250 Å². The maximum atomic E-state index is 12.5. The third kappa shape index (κ3) is 36.9. The van der Waals surface area contributed by atoms with Gasteiger partial charge in [-0.3, -0.25) is 4.79 Å². The van der Waals surface area contributed by atoms with E-state index >= 15 is 0 Å². The number of unbranched alkanes of at least 4 members (excludes halogenated alkanes) is 29. The Hall–Kier alpha value is -1.43. The third-order valence-corrected chi connectivity index (χ3v) is 10.5. The van der Waals surface area contributed by atoms with E-state index in [9.17, 15) is 20.1 Å². The first-order valence-corrected chi connectivity index (χ1v) is 22.8. The van der Waals surface area contributed by atoms with E-state index in [-0.39, 0.29) is 6.61 Å². The summed E-state index contributed by atoms with van der Waals surface area (Å²) in [6.07, 6.45) is 53.3. The highest BCUT2D eigenvalue weighted by Crippen LogP contribution is 2.16. The van der Waals surface area contributed by atoms with E-state index in [0.717, 1.165) is 44.9 Å². The normalized spacial score (nSPS) is 13.9. The van der Waals surface area contributed by atoms with Crippen LogP contribution in [0.1, 0.15) is 232 Å². The SMILES string of the molecule is CCCCCC/C=C/CC/C=C/CC/C=C/C(O)C(CO)NC(=O)C(O)CCCCCCCCCCCCCCCCCCCCCCCCCC. The van der Waals surface area contributed by atoms with Gasteiger partial charge < -0.3 is 20.6 Å². The Morgan fingerprint density at radius 2 is 0.788 bits per heavy atom. The number of aliphatic hydroxyl groups is 3. The van der Waals surface area contributed by atoms with E-state index in [1.165, 1.54) is 167 Å². The predicted octanol–water partition coefficient (Wildman–Crippen LogP) is 13.2. The van der Waals surface area contributed by atoms with Gasteiger partial charge in [-0.15, -0.1) is 0 Å². The fraction of sp³-hybridized carbons (Fsp3) is 0.851. The van der Waals surface area contributed by atoms with Gasteiger partial charge in [0.25, 0.3) is 0 Å². The number of hydrogen-bond donors (Lipinski definition) is 4. The maximum Gasteiger partial charge on any atom is 0.249 e. The summed E-state index contributed by atoms with van der Waals surface area (Å²) in [5, 5.41) is 33.1. The van der Waals surface area contributed by atoms with Crippen molar-refractivity contribution in [3.8, 4) is 0 Å². The van der Waals surface area contributed by atoms with Gasteiger partial charge in [-0.05, 0) is 44.9 Å². The molecule has 4 N–H and O–H groups in total. The molecule has 0 radical (unpaired) electrons. The van der Waals surface area contributed by atoms with Crippen LogP contribution in [0.4, 0.5) is 0 Å². The Kier molecular flexibility index (Phi) is 41.1. The molecule has 0 fully saturated rings. The smallest absolute Gasteiger partial charge is 0.249 e. The average Bonchev–Trinajstić information content (AvgIpc) is 3.15. The van der Waals surface area contributed by atoms with Crippen LogP contribution < -0.4 is 5.32 Å². The lowest BCUT2D eigenvalue weighted by Crippen LogP contribution is -2.48. The van der Waals surface area contributed by atoms with Crippen molar-refractivity contribution in [3.05, 3.63) is 36.5 Å². The highest BCUT2D eigenvalue weighted by Gasteiger charge is 2.22. The van der Waals surface area contributed by atoms with E-state index in [2.05, 4.69) is 43.5 Å². The molecule has 5 heteroatoms. The van der Waals surface area contributed by atoms with Crippen LogP contribution in [-0.4, -0.2) is 46.1 Å². The fourth-order valence-corrected chi connectivity index (χ4v) is 6.86. The largest absolute Gasteiger partial charge is 0.394 e. The van der Waals surface area contributed by atoms with Crippen LogP contribution >= 0.6 is 0 Å². The van der Waals surface area contributed by atoms with Crippen LogP contribution in [0.15, 0.2) is 36.5 Å². The second-order valence-electron chi connectivity index (χ2n) is 15.6. The fourth-order valence-electron chi connectivity index (χ4n) is 6.86. The molecule has 306 valence electrons. The van der Waals surface area contributed by atoms with E-state index in [4.69, 9.17) is 0 Å². The molecule has 0 spiro atoms. The van der Waals surface area contributed by atoms with Crippen LogP contribution in [0.25, 0.3) is 0 Å². The Morgan fingerprint density at radius 3 is 1.17 bits per heavy atom. The molecule has 0 rings (SSSR count). The van der Waals surface area contributed by atoms with Gasteiger partial charge in [0.2, 0.25) is 5.91 Å². The van der Waals surface area contributed by atoms with Crippen LogP contribution in [0.5, 0.6) is 0 Å². The molecular formula is C47H89NO4. The van der Waals surface area contributed by atoms with Gasteiger partial charge in [-0.1, -0.05) is 224 Å². The molecule has 0 aromatic rings. The monoisotopic (exact) mass is 732 g/mol. The molecule has 0 aliphatic carbocycles. The van der Waals surface area contributed by atoms with Crippen molar-refractivity contribution in [2.24, 2.45) is 0 Å². The standard InChI is InChI=1S/C47H89NO4/c1-3-5-7-9-11-13-15-17-19-20-21-22-23-24-25-26-27-28-30-32-34-36-38-40-42-46(51)47(52)48-44(43-49)45(50)41-39-37-35-33-31-29-18-16-14-12-10-8-6-4-2/h14,16,31,33,39,41,44-46,49-51H,3-13,15,17-30,32,34-38,40,42-43H2,1-2H3,(H,48,52)/b16-14+,33-31+,41-39+. The summed E-state index contributed by atoms with van der Waals surface area (Å²) in [4.78, 5) is 12.5. The maximum absolute atomic E-state index is 12.5. The molecular weight excluding hydrogens is 643 g/mol. The van der Waals surface area contributed by atoms with Gasteiger partial charge in [-0.25, -0.2) is 0 Å². The van der Waals surface area contributed by atoms with Gasteiger partial charge in [-0.2, -0.15) is 0 Å². The molecule has 0 heterocycles. The summed E-state index contributed by atoms with van der Waals surface area (Å²) in [5.41, 5.74) is 0. The van der Waals surface area contributed by atoms with Crippen molar-refractivity contribution in [3.63, 3.8) is 0 Å². The quantitative estimate of drug-likeness (QED) is 0.0372. The summed E-state index contributed by atoms with van der Waals surface area (Å²) >= 11 is 0. The molecule has 0 aromatic carbocycles. The summed E-state index contributed by atoms with van der Waals surface area (Å²) in [6.45, 7) is 4.15. The van der Waals surface area contributed by atoms with Gasteiger partial charge in [0.15, 0.2) is 0 Å². The van der Waals surface area contributed by atoms with Gasteiger partial charge in [0.05, 0.1) is 18.8 Å². The Morgan fingerprint density at radius 1 is 0.462 bits per heavy atom. The van der Waals surface area contributed by atoms with Gasteiger partial charge >= 0.3 is 0 Å². The van der Waals surface area contributed by atoms with Crippen LogP contribution in [-0.2, 0) is 4.79 Å². The molecule has 52 heavy (non-hydrogen) atoms. The molecule has 0 saturated heterocycles. The lowest BCUT2D eigenvalue weighted by atomic mass is 10.0. The number of carbonyl (C=O) groups excluding carboxylic acids is 1. The minimum atomic E-state index is -1.11. The lowest BCUT2D eigenvalue weighted by molar-refractivity contribution is -0.131. The second-order valence-corrected chi connectivity index (χ2v) is 15.6. The van der Waals surface area contributed by atoms with E-state index < -0.39 is 24.2 Å². The number of nitrogens with one attached hydrogen (secondary N) is 1. The van der Waals surface area contributed by atoms with Crippen molar-refractivity contribution < 1.29 is 20.1 Å². The first-order chi connectivity index (χ1) is 25.6. The highest BCUT2D eigenvalue weighted by atomic mass is 16.3. The summed E-state index contributed by atoms with van der Waals surface area (Å²) < 4.78 is 0. The van der Waals surface area contributed by atoms with Crippen molar-refractivity contribution in [1.29, 1.82) is 0 Å². The molecule has 0 saturated carbocycles. The topological polar surface area (TPSA) is 89.8 Å². The van der Waals surface area contributed by atoms with Crippen molar-refractivity contribution in [1.82, 2.24) is 5.32 Å². The second kappa shape index (κ2) is 42.3. The first kappa shape index (κ1) is 50.6. The number of allylic oxidation sites excluding steroid dienone is 5. The average molecular weight is 732 g/mol. The van der Waals surface area contributed by atoms with Crippen LogP contribution in [0.3, 0.4) is 0 Å². The van der Waals surface area contributed by atoms with E-state index in [1.807, 2.05) is 6.08 Å². The number of rotatable bonds is 41. The van der Waals surface area contributed by atoms with Crippen molar-refractivity contribution in [2.75, 3.05) is 6.61 Å². The summed E-state index contributed by atoms with van der Waals surface area (Å²) in [5.74, 6) is -0.515. The zero-order valence-electron chi connectivity index (χ0n) is 34.7. The predicted molar refractivity (Wildman–Crippen MR) is 227 cm³/mol. The molecule has 1 amide bonds. The van der Waals surface area contributed by atoms with Crippen LogP contribution in [0.2, 0.25) is 0 Å². The van der Waals surface area contributed by atoms with E-state index in [0.29, 0.717) is 6.42 Å². The molecule has 3 atom stereocenters.